The molecule has 5 aromatic rings. The molecule has 3 heterocycles. The topological polar surface area (TPSA) is 92.6 Å². The number of aryl methyl sites for hydroxylation is 1. The number of anilines is 2. The predicted octanol–water partition coefficient (Wildman–Crippen LogP) is 6.04. The number of nitrogens with one attached hydrogen (secondary N) is 1. The molecule has 0 saturated carbocycles. The third kappa shape index (κ3) is 6.04. The third-order valence-corrected chi connectivity index (χ3v) is 7.22. The smallest absolute Gasteiger partial charge is 0.168 e. The van der Waals surface area contributed by atoms with Crippen molar-refractivity contribution in [2.75, 3.05) is 32.6 Å². The number of carbonyl (C=O) groups is 1. The Bertz CT molecular complexity index is 1800. The van der Waals surface area contributed by atoms with Gasteiger partial charge in [-0.15, -0.1) is 0 Å². The molecule has 0 atom stereocenters. The first-order valence-electron chi connectivity index (χ1n) is 14.0. The van der Waals surface area contributed by atoms with Crippen molar-refractivity contribution in [2.24, 2.45) is 4.99 Å². The fourth-order valence-electron chi connectivity index (χ4n) is 4.93. The van der Waals surface area contributed by atoms with E-state index >= 15 is 0 Å². The highest BCUT2D eigenvalue weighted by Gasteiger charge is 2.16. The minimum Gasteiger partial charge on any atom is -0.492 e. The van der Waals surface area contributed by atoms with E-state index in [2.05, 4.69) is 38.4 Å². The molecule has 8 nitrogen and oxygen atoms in total. The summed E-state index contributed by atoms with van der Waals surface area (Å²) in [5.41, 5.74) is 7.35. The summed E-state index contributed by atoms with van der Waals surface area (Å²) in [6.07, 6.45) is 5.43. The van der Waals surface area contributed by atoms with Crippen molar-refractivity contribution in [1.29, 1.82) is 0 Å². The van der Waals surface area contributed by atoms with Crippen LogP contribution in [0.3, 0.4) is 0 Å². The Morgan fingerprint density at radius 1 is 1.02 bits per heavy atom. The highest BCUT2D eigenvalue weighted by atomic mass is 16.5. The molecule has 0 saturated heterocycles. The highest BCUT2D eigenvalue weighted by Crippen LogP contribution is 2.33. The molecule has 0 amide bonds. The van der Waals surface area contributed by atoms with Crippen LogP contribution in [0.2, 0.25) is 0 Å². The molecule has 0 aliphatic carbocycles. The molecule has 0 bridgehead atoms. The molecule has 0 spiro atoms. The van der Waals surface area contributed by atoms with Crippen molar-refractivity contribution >= 4 is 34.4 Å². The molecule has 1 aliphatic heterocycles. The maximum atomic E-state index is 12.9. The first-order valence-corrected chi connectivity index (χ1v) is 14.0. The van der Waals surface area contributed by atoms with E-state index in [1.807, 2.05) is 63.6 Å². The SMILES string of the molecule is Cc1cc2nc(-c3cccc(CC(=O)c4cccnc4)c3)nc(Nc3ccc4c(c3)C=NC4)c2cc1OCCN(C)C. The van der Waals surface area contributed by atoms with Gasteiger partial charge in [0.05, 0.1) is 12.1 Å². The van der Waals surface area contributed by atoms with E-state index in [0.717, 1.165) is 51.1 Å². The average Bonchev–Trinajstić information content (AvgIpc) is 3.46. The lowest BCUT2D eigenvalue weighted by Gasteiger charge is -2.16. The van der Waals surface area contributed by atoms with Crippen molar-refractivity contribution in [3.05, 3.63) is 107 Å². The van der Waals surface area contributed by atoms with E-state index in [4.69, 9.17) is 14.7 Å². The Kier molecular flexibility index (Phi) is 7.70. The Balaban J connectivity index is 1.38. The molecule has 3 aromatic carbocycles. The Morgan fingerprint density at radius 3 is 2.76 bits per heavy atom. The number of aromatic nitrogens is 3. The van der Waals surface area contributed by atoms with Crippen LogP contribution in [0.4, 0.5) is 11.5 Å². The van der Waals surface area contributed by atoms with Gasteiger partial charge in [0.25, 0.3) is 0 Å². The minimum absolute atomic E-state index is 0.0135. The number of hydrogen-bond donors (Lipinski definition) is 1. The molecular weight excluding hydrogens is 524 g/mol. The van der Waals surface area contributed by atoms with Crippen molar-refractivity contribution in [3.8, 4) is 17.1 Å². The van der Waals surface area contributed by atoms with Gasteiger partial charge in [-0.2, -0.15) is 0 Å². The summed E-state index contributed by atoms with van der Waals surface area (Å²) in [4.78, 5) is 33.4. The van der Waals surface area contributed by atoms with Gasteiger partial charge >= 0.3 is 0 Å². The number of ketones is 1. The van der Waals surface area contributed by atoms with Crippen LogP contribution < -0.4 is 10.1 Å². The van der Waals surface area contributed by atoms with E-state index in [0.29, 0.717) is 30.4 Å². The normalized spacial score (nSPS) is 12.1. The standard InChI is InChI=1S/C34H32N6O2/c1-22-14-30-29(18-32(22)42-13-12-40(2)3)34(37-28-10-9-25-19-36-21-27(25)17-28)39-33(38-30)24-7-4-6-23(15-24)16-31(41)26-8-5-11-35-20-26/h4-11,14-15,17-18,20-21H,12-13,16,19H2,1-3H3,(H,37,38,39). The quantitative estimate of drug-likeness (QED) is 0.210. The number of Topliss-reactive ketones (excluding diaryl/α,β-unsaturated/α-hetero) is 1. The van der Waals surface area contributed by atoms with Crippen LogP contribution in [0.5, 0.6) is 5.75 Å². The summed E-state index contributed by atoms with van der Waals surface area (Å²) in [6.45, 7) is 4.14. The second-order valence-corrected chi connectivity index (χ2v) is 10.7. The van der Waals surface area contributed by atoms with Gasteiger partial charge in [0.15, 0.2) is 11.6 Å². The van der Waals surface area contributed by atoms with Gasteiger partial charge in [-0.1, -0.05) is 24.3 Å². The summed E-state index contributed by atoms with van der Waals surface area (Å²) < 4.78 is 6.15. The van der Waals surface area contributed by atoms with Crippen LogP contribution in [0.1, 0.15) is 32.6 Å². The molecule has 0 fully saturated rings. The van der Waals surface area contributed by atoms with E-state index in [9.17, 15) is 4.79 Å². The van der Waals surface area contributed by atoms with Crippen molar-refractivity contribution in [1.82, 2.24) is 19.9 Å². The molecule has 6 rings (SSSR count). The first kappa shape index (κ1) is 27.2. The summed E-state index contributed by atoms with van der Waals surface area (Å²) in [5, 5.41) is 4.40. The van der Waals surface area contributed by atoms with E-state index < -0.39 is 0 Å². The monoisotopic (exact) mass is 556 g/mol. The number of hydrogen-bond acceptors (Lipinski definition) is 8. The van der Waals surface area contributed by atoms with Crippen molar-refractivity contribution in [2.45, 2.75) is 19.9 Å². The van der Waals surface area contributed by atoms with Crippen LogP contribution in [0.25, 0.3) is 22.3 Å². The zero-order valence-corrected chi connectivity index (χ0v) is 24.0. The second kappa shape index (κ2) is 11.9. The lowest BCUT2D eigenvalue weighted by molar-refractivity contribution is 0.0992. The van der Waals surface area contributed by atoms with Gasteiger partial charge in [0.2, 0.25) is 0 Å². The number of ether oxygens (including phenoxy) is 1. The van der Waals surface area contributed by atoms with Gasteiger partial charge in [-0.3, -0.25) is 14.8 Å². The molecule has 8 heteroatoms. The van der Waals surface area contributed by atoms with Crippen LogP contribution in [-0.4, -0.2) is 59.1 Å². The lowest BCUT2D eigenvalue weighted by Crippen LogP contribution is -2.19. The number of carbonyl (C=O) groups excluding carboxylic acids is 1. The largest absolute Gasteiger partial charge is 0.492 e. The number of likely N-dealkylation sites (N-methyl/N-ethyl adjacent to an activating group) is 1. The minimum atomic E-state index is 0.0135. The summed E-state index contributed by atoms with van der Waals surface area (Å²) in [5.74, 6) is 2.07. The van der Waals surface area contributed by atoms with Crippen LogP contribution in [-0.2, 0) is 13.0 Å². The molecule has 1 N–H and O–H groups in total. The van der Waals surface area contributed by atoms with Gasteiger partial charge in [-0.05, 0) is 85.7 Å². The van der Waals surface area contributed by atoms with E-state index in [1.165, 1.54) is 5.56 Å². The Hall–Kier alpha value is -4.95. The molecule has 42 heavy (non-hydrogen) atoms. The fraction of sp³-hybridized carbons (Fsp3) is 0.206. The van der Waals surface area contributed by atoms with Crippen molar-refractivity contribution in [3.63, 3.8) is 0 Å². The number of benzene rings is 3. The van der Waals surface area contributed by atoms with Crippen molar-refractivity contribution < 1.29 is 9.53 Å². The van der Waals surface area contributed by atoms with E-state index in [-0.39, 0.29) is 12.2 Å². The summed E-state index contributed by atoms with van der Waals surface area (Å²) in [6, 6.07) is 21.7. The molecule has 0 unspecified atom stereocenters. The highest BCUT2D eigenvalue weighted by molar-refractivity contribution is 5.97. The lowest BCUT2D eigenvalue weighted by atomic mass is 10.0. The Morgan fingerprint density at radius 2 is 1.93 bits per heavy atom. The predicted molar refractivity (Wildman–Crippen MR) is 167 cm³/mol. The third-order valence-electron chi connectivity index (χ3n) is 7.22. The molecule has 1 aliphatic rings. The van der Waals surface area contributed by atoms with E-state index in [1.54, 1.807) is 24.5 Å². The van der Waals surface area contributed by atoms with Gasteiger partial charge in [0, 0.05) is 53.8 Å². The number of nitrogens with zero attached hydrogens (tertiary/aromatic N) is 5. The van der Waals surface area contributed by atoms with Gasteiger partial charge < -0.3 is 15.0 Å². The zero-order chi connectivity index (χ0) is 29.1. The molecule has 0 radical (unpaired) electrons. The number of pyridine rings is 1. The average molecular weight is 557 g/mol. The zero-order valence-electron chi connectivity index (χ0n) is 24.0. The first-order chi connectivity index (χ1) is 20.4. The van der Waals surface area contributed by atoms with Gasteiger partial charge in [0.1, 0.15) is 18.2 Å². The summed E-state index contributed by atoms with van der Waals surface area (Å²) >= 11 is 0. The molecular formula is C34H32N6O2. The fourth-order valence-corrected chi connectivity index (χ4v) is 4.93. The summed E-state index contributed by atoms with van der Waals surface area (Å²) in [7, 11) is 4.05. The number of fused-ring (bicyclic) bond motifs is 2. The van der Waals surface area contributed by atoms with Crippen LogP contribution in [0, 0.1) is 6.92 Å². The second-order valence-electron chi connectivity index (χ2n) is 10.7. The number of rotatable bonds is 10. The maximum Gasteiger partial charge on any atom is 0.168 e. The Labute approximate surface area is 245 Å². The van der Waals surface area contributed by atoms with Gasteiger partial charge in [-0.25, -0.2) is 9.97 Å². The molecule has 210 valence electrons. The maximum absolute atomic E-state index is 12.9. The van der Waals surface area contributed by atoms with Crippen LogP contribution >= 0.6 is 0 Å². The molecule has 2 aromatic heterocycles. The number of aliphatic imine (C=N–C) groups is 1. The van der Waals surface area contributed by atoms with Crippen LogP contribution in [0.15, 0.2) is 84.1 Å².